The highest BCUT2D eigenvalue weighted by Crippen LogP contribution is 2.25. The Morgan fingerprint density at radius 3 is 2.29 bits per heavy atom. The van der Waals surface area contributed by atoms with Gasteiger partial charge in [0.1, 0.15) is 11.5 Å². The van der Waals surface area contributed by atoms with Gasteiger partial charge in [-0.3, -0.25) is 9.59 Å². The van der Waals surface area contributed by atoms with E-state index in [9.17, 15) is 9.59 Å². The molecule has 6 nitrogen and oxygen atoms in total. The number of methoxy groups -OCH3 is 1. The fraction of sp³-hybridized carbons (Fsp3) is 0.176. The van der Waals surface area contributed by atoms with E-state index in [1.54, 1.807) is 49.6 Å². The summed E-state index contributed by atoms with van der Waals surface area (Å²) in [5.74, 6) is 0.724. The summed E-state index contributed by atoms with van der Waals surface area (Å²) in [6.07, 6.45) is 0. The molecule has 2 N–H and O–H groups in total. The van der Waals surface area contributed by atoms with Gasteiger partial charge in [0.2, 0.25) is 5.91 Å². The van der Waals surface area contributed by atoms with Crippen LogP contribution in [0.25, 0.3) is 0 Å². The Balaban J connectivity index is 1.89. The number of nitrogens with one attached hydrogen (secondary N) is 2. The van der Waals surface area contributed by atoms with Crippen LogP contribution in [0.1, 0.15) is 6.92 Å². The van der Waals surface area contributed by atoms with Crippen molar-refractivity contribution in [2.75, 3.05) is 24.4 Å². The maximum absolute atomic E-state index is 11.9. The van der Waals surface area contributed by atoms with Crippen molar-refractivity contribution < 1.29 is 19.1 Å². The molecule has 0 aliphatic rings. The number of anilines is 2. The van der Waals surface area contributed by atoms with Gasteiger partial charge >= 0.3 is 0 Å². The van der Waals surface area contributed by atoms with Crippen LogP contribution in [0.5, 0.6) is 11.5 Å². The van der Waals surface area contributed by atoms with E-state index in [1.807, 2.05) is 0 Å². The highest BCUT2D eigenvalue weighted by Gasteiger charge is 2.07. The summed E-state index contributed by atoms with van der Waals surface area (Å²) in [4.78, 5) is 22.9. The molecule has 2 rings (SSSR count). The van der Waals surface area contributed by atoms with Crippen molar-refractivity contribution in [3.8, 4) is 11.5 Å². The van der Waals surface area contributed by atoms with Gasteiger partial charge < -0.3 is 20.1 Å². The number of halogens is 1. The predicted molar refractivity (Wildman–Crippen MR) is 92.9 cm³/mol. The van der Waals surface area contributed by atoms with Crippen molar-refractivity contribution in [3.05, 3.63) is 47.5 Å². The van der Waals surface area contributed by atoms with E-state index in [0.29, 0.717) is 27.9 Å². The zero-order valence-electron chi connectivity index (χ0n) is 13.3. The van der Waals surface area contributed by atoms with Gasteiger partial charge in [0, 0.05) is 12.6 Å². The highest BCUT2D eigenvalue weighted by atomic mass is 35.5. The van der Waals surface area contributed by atoms with Gasteiger partial charge in [-0.1, -0.05) is 11.6 Å². The molecule has 7 heteroatoms. The molecule has 0 saturated heterocycles. The zero-order chi connectivity index (χ0) is 17.5. The Kier molecular flexibility index (Phi) is 6.03. The number of amides is 2. The molecule has 0 unspecified atom stereocenters. The van der Waals surface area contributed by atoms with E-state index in [1.165, 1.54) is 6.92 Å². The fourth-order valence-corrected chi connectivity index (χ4v) is 2.13. The van der Waals surface area contributed by atoms with E-state index >= 15 is 0 Å². The Morgan fingerprint density at radius 1 is 1.04 bits per heavy atom. The molecule has 0 aromatic heterocycles. The molecule has 2 aromatic carbocycles. The second-order valence-corrected chi connectivity index (χ2v) is 5.30. The number of benzene rings is 2. The van der Waals surface area contributed by atoms with Gasteiger partial charge in [-0.2, -0.15) is 0 Å². The van der Waals surface area contributed by atoms with Crippen molar-refractivity contribution in [2.24, 2.45) is 0 Å². The van der Waals surface area contributed by atoms with Crippen LogP contribution in [0.15, 0.2) is 42.5 Å². The number of hydrogen-bond donors (Lipinski definition) is 2. The molecule has 0 bridgehead atoms. The first kappa shape index (κ1) is 17.6. The first-order valence-corrected chi connectivity index (χ1v) is 7.49. The molecule has 0 atom stereocenters. The molecule has 0 heterocycles. The molecule has 0 aliphatic heterocycles. The monoisotopic (exact) mass is 348 g/mol. The molecular weight excluding hydrogens is 332 g/mol. The molecule has 126 valence electrons. The standard InChI is InChI=1S/C17H17ClN2O4/c1-11(21)19-16-8-3-12(9-15(16)18)20-17(22)10-24-14-6-4-13(23-2)5-7-14/h3-9H,10H2,1-2H3,(H,19,21)(H,20,22). The first-order valence-electron chi connectivity index (χ1n) is 7.12. The summed E-state index contributed by atoms with van der Waals surface area (Å²) < 4.78 is 10.4. The van der Waals surface area contributed by atoms with Crippen molar-refractivity contribution in [3.63, 3.8) is 0 Å². The van der Waals surface area contributed by atoms with Crippen molar-refractivity contribution in [1.82, 2.24) is 0 Å². The molecule has 0 spiro atoms. The molecular formula is C17H17ClN2O4. The molecule has 0 radical (unpaired) electrons. The Hall–Kier alpha value is -2.73. The second-order valence-electron chi connectivity index (χ2n) is 4.89. The smallest absolute Gasteiger partial charge is 0.262 e. The molecule has 0 saturated carbocycles. The number of rotatable bonds is 6. The fourth-order valence-electron chi connectivity index (χ4n) is 1.90. The van der Waals surface area contributed by atoms with E-state index in [4.69, 9.17) is 21.1 Å². The largest absolute Gasteiger partial charge is 0.497 e. The van der Waals surface area contributed by atoms with Crippen LogP contribution in [0, 0.1) is 0 Å². The SMILES string of the molecule is COc1ccc(OCC(=O)Nc2ccc(NC(C)=O)c(Cl)c2)cc1. The normalized spacial score (nSPS) is 9.96. The van der Waals surface area contributed by atoms with Gasteiger partial charge in [-0.15, -0.1) is 0 Å². The van der Waals surface area contributed by atoms with Crippen LogP contribution in [0.3, 0.4) is 0 Å². The Bertz CT molecular complexity index is 732. The summed E-state index contributed by atoms with van der Waals surface area (Å²) in [7, 11) is 1.58. The van der Waals surface area contributed by atoms with Crippen LogP contribution in [-0.2, 0) is 9.59 Å². The second kappa shape index (κ2) is 8.21. The number of ether oxygens (including phenoxy) is 2. The Labute approximate surface area is 144 Å². The summed E-state index contributed by atoms with van der Waals surface area (Å²) >= 11 is 6.05. The third-order valence-electron chi connectivity index (χ3n) is 2.99. The summed E-state index contributed by atoms with van der Waals surface area (Å²) in [6, 6.07) is 11.7. The predicted octanol–water partition coefficient (Wildman–Crippen LogP) is 3.32. The molecule has 24 heavy (non-hydrogen) atoms. The van der Waals surface area contributed by atoms with Gasteiger partial charge in [0.15, 0.2) is 6.61 Å². The van der Waals surface area contributed by atoms with Crippen molar-refractivity contribution in [1.29, 1.82) is 0 Å². The minimum Gasteiger partial charge on any atom is -0.497 e. The molecule has 2 amide bonds. The number of carbonyl (C=O) groups is 2. The maximum Gasteiger partial charge on any atom is 0.262 e. The minimum atomic E-state index is -0.325. The lowest BCUT2D eigenvalue weighted by molar-refractivity contribution is -0.118. The van der Waals surface area contributed by atoms with Crippen molar-refractivity contribution >= 4 is 34.8 Å². The average molecular weight is 349 g/mol. The average Bonchev–Trinajstić information content (AvgIpc) is 2.55. The topological polar surface area (TPSA) is 76.7 Å². The third-order valence-corrected chi connectivity index (χ3v) is 3.31. The van der Waals surface area contributed by atoms with Crippen LogP contribution in [-0.4, -0.2) is 25.5 Å². The highest BCUT2D eigenvalue weighted by molar-refractivity contribution is 6.34. The first-order chi connectivity index (χ1) is 11.5. The van der Waals surface area contributed by atoms with Gasteiger partial charge in [-0.05, 0) is 42.5 Å². The third kappa shape index (κ3) is 5.17. The maximum atomic E-state index is 11.9. The lowest BCUT2D eigenvalue weighted by Gasteiger charge is -2.10. The van der Waals surface area contributed by atoms with Crippen LogP contribution in [0.2, 0.25) is 5.02 Å². The Morgan fingerprint density at radius 2 is 1.71 bits per heavy atom. The summed E-state index contributed by atoms with van der Waals surface area (Å²) in [5.41, 5.74) is 0.995. The quantitative estimate of drug-likeness (QED) is 0.839. The lowest BCUT2D eigenvalue weighted by Crippen LogP contribution is -2.20. The molecule has 0 aliphatic carbocycles. The van der Waals surface area contributed by atoms with Gasteiger partial charge in [0.25, 0.3) is 5.91 Å². The molecule has 2 aromatic rings. The van der Waals surface area contributed by atoms with Gasteiger partial charge in [0.05, 0.1) is 17.8 Å². The lowest BCUT2D eigenvalue weighted by atomic mass is 10.2. The van der Waals surface area contributed by atoms with E-state index in [0.717, 1.165) is 0 Å². The van der Waals surface area contributed by atoms with Crippen LogP contribution in [0.4, 0.5) is 11.4 Å². The molecule has 0 fully saturated rings. The van der Waals surface area contributed by atoms with Crippen LogP contribution < -0.4 is 20.1 Å². The van der Waals surface area contributed by atoms with Crippen LogP contribution >= 0.6 is 11.6 Å². The van der Waals surface area contributed by atoms with Crippen molar-refractivity contribution in [2.45, 2.75) is 6.92 Å². The van der Waals surface area contributed by atoms with Gasteiger partial charge in [-0.25, -0.2) is 0 Å². The number of carbonyl (C=O) groups excluding carboxylic acids is 2. The van der Waals surface area contributed by atoms with E-state index in [-0.39, 0.29) is 18.4 Å². The summed E-state index contributed by atoms with van der Waals surface area (Å²) in [5, 5.41) is 5.59. The minimum absolute atomic E-state index is 0.141. The van der Waals surface area contributed by atoms with E-state index in [2.05, 4.69) is 10.6 Å². The number of hydrogen-bond acceptors (Lipinski definition) is 4. The van der Waals surface area contributed by atoms with E-state index < -0.39 is 0 Å². The summed E-state index contributed by atoms with van der Waals surface area (Å²) in [6.45, 7) is 1.25. The zero-order valence-corrected chi connectivity index (χ0v) is 14.0.